The third kappa shape index (κ3) is 3.57. The highest BCUT2D eigenvalue weighted by atomic mass is 79.9. The van der Waals surface area contributed by atoms with Gasteiger partial charge in [0.2, 0.25) is 0 Å². The highest BCUT2D eigenvalue weighted by Crippen LogP contribution is 2.20. The highest BCUT2D eigenvalue weighted by Gasteiger charge is 2.18. The van der Waals surface area contributed by atoms with Gasteiger partial charge in [0, 0.05) is 22.9 Å². The Kier molecular flexibility index (Phi) is 4.86. The van der Waals surface area contributed by atoms with Crippen LogP contribution in [0.25, 0.3) is 0 Å². The Hall–Kier alpha value is 0.140. The fourth-order valence-corrected chi connectivity index (χ4v) is 3.06. The predicted molar refractivity (Wildman–Crippen MR) is 75.9 cm³/mol. The Bertz CT molecular complexity index is 323. The van der Waals surface area contributed by atoms with Gasteiger partial charge >= 0.3 is 0 Å². The lowest BCUT2D eigenvalue weighted by Gasteiger charge is -2.31. The number of nitrogens with zero attached hydrogens (tertiary/aromatic N) is 1. The van der Waals surface area contributed by atoms with Crippen LogP contribution in [-0.2, 0) is 6.54 Å². The van der Waals surface area contributed by atoms with Crippen molar-refractivity contribution in [1.82, 2.24) is 4.90 Å². The third-order valence-electron chi connectivity index (χ3n) is 3.14. The Morgan fingerprint density at radius 1 is 1.25 bits per heavy atom. The number of rotatable bonds is 3. The third-order valence-corrected chi connectivity index (χ3v) is 4.59. The Labute approximate surface area is 114 Å². The summed E-state index contributed by atoms with van der Waals surface area (Å²) < 4.78 is 1.16. The van der Waals surface area contributed by atoms with Crippen molar-refractivity contribution in [2.24, 2.45) is 5.92 Å². The van der Waals surface area contributed by atoms with Crippen molar-refractivity contribution in [3.8, 4) is 0 Å². The zero-order chi connectivity index (χ0) is 11.4. The lowest BCUT2D eigenvalue weighted by Crippen LogP contribution is -2.35. The first-order chi connectivity index (χ1) is 7.78. The smallest absolute Gasteiger partial charge is 0.0233 e. The maximum Gasteiger partial charge on any atom is 0.0233 e. The van der Waals surface area contributed by atoms with E-state index in [4.69, 9.17) is 0 Å². The van der Waals surface area contributed by atoms with Crippen LogP contribution in [0.15, 0.2) is 28.7 Å². The number of hydrogen-bond donors (Lipinski definition) is 0. The normalized spacial score (nSPS) is 22.2. The van der Waals surface area contributed by atoms with Crippen molar-refractivity contribution in [2.75, 3.05) is 18.4 Å². The zero-order valence-corrected chi connectivity index (χ0v) is 12.5. The Balaban J connectivity index is 1.91. The molecule has 1 atom stereocenters. The second kappa shape index (κ2) is 6.18. The van der Waals surface area contributed by atoms with Gasteiger partial charge in [-0.3, -0.25) is 4.90 Å². The maximum atomic E-state index is 3.60. The van der Waals surface area contributed by atoms with Crippen molar-refractivity contribution in [3.05, 3.63) is 34.3 Å². The second-order valence-corrected chi connectivity index (χ2v) is 6.09. The van der Waals surface area contributed by atoms with E-state index in [2.05, 4.69) is 61.0 Å². The molecule has 88 valence electrons. The summed E-state index contributed by atoms with van der Waals surface area (Å²) in [4.78, 5) is 2.57. The molecule has 0 spiro atoms. The summed E-state index contributed by atoms with van der Waals surface area (Å²) in [5.74, 6) is 0.837. The van der Waals surface area contributed by atoms with E-state index in [0.717, 1.165) is 22.3 Å². The number of piperidine rings is 1. The summed E-state index contributed by atoms with van der Waals surface area (Å²) in [6.45, 7) is 3.58. The number of alkyl halides is 1. The number of halogens is 2. The summed E-state index contributed by atoms with van der Waals surface area (Å²) in [6.07, 6.45) is 2.72. The van der Waals surface area contributed by atoms with Crippen molar-refractivity contribution < 1.29 is 0 Å². The molecule has 0 aliphatic carbocycles. The van der Waals surface area contributed by atoms with Gasteiger partial charge in [-0.05, 0) is 43.0 Å². The number of hydrogen-bond acceptors (Lipinski definition) is 1. The van der Waals surface area contributed by atoms with Gasteiger partial charge in [0.05, 0.1) is 0 Å². The fraction of sp³-hybridized carbons (Fsp3) is 0.538. The van der Waals surface area contributed by atoms with Crippen LogP contribution in [0.1, 0.15) is 18.4 Å². The van der Waals surface area contributed by atoms with Crippen molar-refractivity contribution in [1.29, 1.82) is 0 Å². The van der Waals surface area contributed by atoms with E-state index in [-0.39, 0.29) is 0 Å². The summed E-state index contributed by atoms with van der Waals surface area (Å²) in [5, 5.41) is 1.14. The van der Waals surface area contributed by atoms with E-state index in [1.165, 1.54) is 31.5 Å². The fourth-order valence-electron chi connectivity index (χ4n) is 2.27. The minimum absolute atomic E-state index is 0.837. The van der Waals surface area contributed by atoms with Crippen LogP contribution in [-0.4, -0.2) is 23.3 Å². The SMILES string of the molecule is BrCC1CCCN(Cc2ccc(Br)cc2)C1. The molecule has 1 saturated heterocycles. The summed E-state index contributed by atoms with van der Waals surface area (Å²) in [6, 6.07) is 8.67. The molecule has 1 aliphatic heterocycles. The average molecular weight is 347 g/mol. The predicted octanol–water partition coefficient (Wildman–Crippen LogP) is 4.06. The Morgan fingerprint density at radius 3 is 2.69 bits per heavy atom. The van der Waals surface area contributed by atoms with Gasteiger partial charge in [-0.15, -0.1) is 0 Å². The van der Waals surface area contributed by atoms with E-state index in [9.17, 15) is 0 Å². The van der Waals surface area contributed by atoms with Gasteiger partial charge in [0.15, 0.2) is 0 Å². The van der Waals surface area contributed by atoms with E-state index in [1.54, 1.807) is 0 Å². The topological polar surface area (TPSA) is 3.24 Å². The van der Waals surface area contributed by atoms with Gasteiger partial charge in [0.25, 0.3) is 0 Å². The van der Waals surface area contributed by atoms with E-state index < -0.39 is 0 Å². The zero-order valence-electron chi connectivity index (χ0n) is 9.33. The molecule has 0 radical (unpaired) electrons. The van der Waals surface area contributed by atoms with E-state index >= 15 is 0 Å². The molecule has 0 N–H and O–H groups in total. The van der Waals surface area contributed by atoms with Gasteiger partial charge in [-0.25, -0.2) is 0 Å². The van der Waals surface area contributed by atoms with Crippen molar-refractivity contribution in [2.45, 2.75) is 19.4 Å². The molecule has 1 unspecified atom stereocenters. The standard InChI is InChI=1S/C13H17Br2N/c14-8-12-2-1-7-16(10-12)9-11-3-5-13(15)6-4-11/h3-6,12H,1-2,7-10H2. The largest absolute Gasteiger partial charge is 0.299 e. The van der Waals surface area contributed by atoms with Gasteiger partial charge in [-0.1, -0.05) is 44.0 Å². The Morgan fingerprint density at radius 2 is 2.00 bits per heavy atom. The maximum absolute atomic E-state index is 3.60. The number of likely N-dealkylation sites (tertiary alicyclic amines) is 1. The minimum atomic E-state index is 0.837. The molecule has 1 aromatic carbocycles. The molecule has 0 bridgehead atoms. The summed E-state index contributed by atoms with van der Waals surface area (Å²) in [5.41, 5.74) is 1.42. The first-order valence-electron chi connectivity index (χ1n) is 5.80. The molecule has 2 rings (SSSR count). The first kappa shape index (κ1) is 12.6. The van der Waals surface area contributed by atoms with Gasteiger partial charge < -0.3 is 0 Å². The van der Waals surface area contributed by atoms with Crippen LogP contribution >= 0.6 is 31.9 Å². The molecule has 1 fully saturated rings. The van der Waals surface area contributed by atoms with Crippen LogP contribution < -0.4 is 0 Å². The quantitative estimate of drug-likeness (QED) is 0.746. The first-order valence-corrected chi connectivity index (χ1v) is 7.72. The van der Waals surface area contributed by atoms with E-state index in [1.807, 2.05) is 0 Å². The molecule has 0 aromatic heterocycles. The van der Waals surface area contributed by atoms with Crippen LogP contribution in [0.5, 0.6) is 0 Å². The van der Waals surface area contributed by atoms with Crippen molar-refractivity contribution in [3.63, 3.8) is 0 Å². The molecule has 3 heteroatoms. The minimum Gasteiger partial charge on any atom is -0.299 e. The number of benzene rings is 1. The lowest BCUT2D eigenvalue weighted by molar-refractivity contribution is 0.179. The van der Waals surface area contributed by atoms with Crippen molar-refractivity contribution >= 4 is 31.9 Å². The second-order valence-electron chi connectivity index (χ2n) is 4.52. The molecular weight excluding hydrogens is 330 g/mol. The molecular formula is C13H17Br2N. The highest BCUT2D eigenvalue weighted by molar-refractivity contribution is 9.10. The molecule has 0 saturated carbocycles. The average Bonchev–Trinajstić information content (AvgIpc) is 2.32. The summed E-state index contributed by atoms with van der Waals surface area (Å²) >= 11 is 7.07. The molecule has 1 aliphatic rings. The lowest BCUT2D eigenvalue weighted by atomic mass is 10.00. The molecule has 1 nitrogen and oxygen atoms in total. The molecule has 0 amide bonds. The van der Waals surface area contributed by atoms with Gasteiger partial charge in [0.1, 0.15) is 0 Å². The van der Waals surface area contributed by atoms with Crippen LogP contribution in [0, 0.1) is 5.92 Å². The van der Waals surface area contributed by atoms with E-state index in [0.29, 0.717) is 0 Å². The van der Waals surface area contributed by atoms with Crippen LogP contribution in [0.3, 0.4) is 0 Å². The molecule has 1 heterocycles. The molecule has 1 aromatic rings. The van der Waals surface area contributed by atoms with Gasteiger partial charge in [-0.2, -0.15) is 0 Å². The van der Waals surface area contributed by atoms with Crippen LogP contribution in [0.2, 0.25) is 0 Å². The monoisotopic (exact) mass is 345 g/mol. The molecule has 16 heavy (non-hydrogen) atoms. The summed E-state index contributed by atoms with van der Waals surface area (Å²) in [7, 11) is 0. The van der Waals surface area contributed by atoms with Crippen LogP contribution in [0.4, 0.5) is 0 Å².